The SMILES string of the molecule is O=C(CSCC(=O)Nc1cccc(Br)c1)NCc1ccnc(OC2CCCC2)c1. The van der Waals surface area contributed by atoms with Crippen LogP contribution < -0.4 is 15.4 Å². The minimum Gasteiger partial charge on any atom is -0.474 e. The van der Waals surface area contributed by atoms with E-state index >= 15 is 0 Å². The molecule has 0 atom stereocenters. The largest absolute Gasteiger partial charge is 0.474 e. The van der Waals surface area contributed by atoms with E-state index in [2.05, 4.69) is 31.5 Å². The highest BCUT2D eigenvalue weighted by Crippen LogP contribution is 2.23. The Bertz CT molecular complexity index is 843. The Morgan fingerprint density at radius 2 is 1.93 bits per heavy atom. The lowest BCUT2D eigenvalue weighted by atomic mass is 10.2. The molecule has 3 rings (SSSR count). The predicted octanol–water partition coefficient (Wildman–Crippen LogP) is 4.15. The number of carbonyl (C=O) groups is 2. The first-order chi connectivity index (χ1) is 14.1. The highest BCUT2D eigenvalue weighted by Gasteiger charge is 2.17. The molecule has 1 fully saturated rings. The maximum absolute atomic E-state index is 12.0. The molecule has 0 spiro atoms. The fourth-order valence-corrected chi connectivity index (χ4v) is 4.10. The molecule has 6 nitrogen and oxygen atoms in total. The number of nitrogens with zero attached hydrogens (tertiary/aromatic N) is 1. The van der Waals surface area contributed by atoms with E-state index in [1.54, 1.807) is 6.20 Å². The number of amides is 2. The highest BCUT2D eigenvalue weighted by atomic mass is 79.9. The van der Waals surface area contributed by atoms with Crippen molar-refractivity contribution in [2.45, 2.75) is 38.3 Å². The number of carbonyl (C=O) groups excluding carboxylic acids is 2. The second-order valence-electron chi connectivity index (χ2n) is 6.85. The number of halogens is 1. The summed E-state index contributed by atoms with van der Waals surface area (Å²) in [5.41, 5.74) is 1.67. The third-order valence-electron chi connectivity index (χ3n) is 4.45. The van der Waals surface area contributed by atoms with E-state index in [9.17, 15) is 9.59 Å². The molecular formula is C21H24BrN3O3S. The van der Waals surface area contributed by atoms with Gasteiger partial charge in [0.05, 0.1) is 11.5 Å². The van der Waals surface area contributed by atoms with Gasteiger partial charge in [0.2, 0.25) is 17.7 Å². The van der Waals surface area contributed by atoms with Crippen LogP contribution in [0, 0.1) is 0 Å². The number of aromatic nitrogens is 1. The number of benzene rings is 1. The predicted molar refractivity (Wildman–Crippen MR) is 119 cm³/mol. The van der Waals surface area contributed by atoms with Crippen LogP contribution in [-0.4, -0.2) is 34.4 Å². The number of pyridine rings is 1. The van der Waals surface area contributed by atoms with Crippen molar-refractivity contribution in [3.8, 4) is 5.88 Å². The number of hydrogen-bond acceptors (Lipinski definition) is 5. The number of hydrogen-bond donors (Lipinski definition) is 2. The molecule has 8 heteroatoms. The Hall–Kier alpha value is -2.06. The van der Waals surface area contributed by atoms with Gasteiger partial charge in [0.25, 0.3) is 0 Å². The summed E-state index contributed by atoms with van der Waals surface area (Å²) in [5, 5.41) is 5.68. The summed E-state index contributed by atoms with van der Waals surface area (Å²) in [6, 6.07) is 11.1. The van der Waals surface area contributed by atoms with Crippen molar-refractivity contribution in [1.29, 1.82) is 0 Å². The van der Waals surface area contributed by atoms with Gasteiger partial charge >= 0.3 is 0 Å². The summed E-state index contributed by atoms with van der Waals surface area (Å²) >= 11 is 4.64. The van der Waals surface area contributed by atoms with Crippen LogP contribution >= 0.6 is 27.7 Å². The quantitative estimate of drug-likeness (QED) is 0.566. The van der Waals surface area contributed by atoms with Gasteiger partial charge in [-0.15, -0.1) is 11.8 Å². The van der Waals surface area contributed by atoms with Crippen molar-refractivity contribution < 1.29 is 14.3 Å². The van der Waals surface area contributed by atoms with Gasteiger partial charge in [0, 0.05) is 29.0 Å². The zero-order valence-corrected chi connectivity index (χ0v) is 18.4. The van der Waals surface area contributed by atoms with E-state index in [1.165, 1.54) is 24.6 Å². The fourth-order valence-electron chi connectivity index (χ4n) is 3.05. The molecule has 29 heavy (non-hydrogen) atoms. The van der Waals surface area contributed by atoms with Gasteiger partial charge in [0.1, 0.15) is 6.10 Å². The summed E-state index contributed by atoms with van der Waals surface area (Å²) in [5.74, 6) is 0.808. The highest BCUT2D eigenvalue weighted by molar-refractivity contribution is 9.10. The Balaban J connectivity index is 1.35. The van der Waals surface area contributed by atoms with E-state index in [0.717, 1.165) is 28.6 Å². The number of ether oxygens (including phenoxy) is 1. The van der Waals surface area contributed by atoms with Crippen molar-refractivity contribution in [3.63, 3.8) is 0 Å². The summed E-state index contributed by atoms with van der Waals surface area (Å²) in [4.78, 5) is 28.3. The van der Waals surface area contributed by atoms with Gasteiger partial charge in [-0.2, -0.15) is 0 Å². The number of rotatable bonds is 9. The van der Waals surface area contributed by atoms with Crippen LogP contribution in [0.2, 0.25) is 0 Å². The molecule has 0 aliphatic heterocycles. The van der Waals surface area contributed by atoms with Crippen LogP contribution in [0.25, 0.3) is 0 Å². The van der Waals surface area contributed by atoms with Gasteiger partial charge in [0.15, 0.2) is 0 Å². The van der Waals surface area contributed by atoms with Crippen LogP contribution in [0.3, 0.4) is 0 Å². The molecule has 1 aromatic carbocycles. The number of thioether (sulfide) groups is 1. The average Bonchev–Trinajstić information content (AvgIpc) is 3.20. The van der Waals surface area contributed by atoms with E-state index in [0.29, 0.717) is 12.4 Å². The third kappa shape index (κ3) is 7.70. The first kappa shape index (κ1) is 21.6. The molecule has 0 unspecified atom stereocenters. The summed E-state index contributed by atoms with van der Waals surface area (Å²) < 4.78 is 6.79. The lowest BCUT2D eigenvalue weighted by Crippen LogP contribution is -2.25. The van der Waals surface area contributed by atoms with Gasteiger partial charge in [-0.25, -0.2) is 4.98 Å². The Labute approximate surface area is 183 Å². The fraction of sp³-hybridized carbons (Fsp3) is 0.381. The Kier molecular flexibility index (Phi) is 8.37. The molecule has 0 bridgehead atoms. The molecule has 1 aromatic heterocycles. The lowest BCUT2D eigenvalue weighted by molar-refractivity contribution is -0.118. The van der Waals surface area contributed by atoms with Crippen molar-refractivity contribution >= 4 is 45.2 Å². The first-order valence-corrected chi connectivity index (χ1v) is 11.5. The normalized spacial score (nSPS) is 13.8. The summed E-state index contributed by atoms with van der Waals surface area (Å²) in [6.07, 6.45) is 6.53. The van der Waals surface area contributed by atoms with E-state index in [-0.39, 0.29) is 29.4 Å². The maximum atomic E-state index is 12.0. The zero-order valence-electron chi connectivity index (χ0n) is 16.0. The monoisotopic (exact) mass is 477 g/mol. The molecule has 0 radical (unpaired) electrons. The van der Waals surface area contributed by atoms with Crippen molar-refractivity contribution in [2.75, 3.05) is 16.8 Å². The molecular weight excluding hydrogens is 454 g/mol. The second-order valence-corrected chi connectivity index (χ2v) is 8.76. The van der Waals surface area contributed by atoms with Gasteiger partial charge in [-0.1, -0.05) is 22.0 Å². The minimum absolute atomic E-state index is 0.111. The Morgan fingerprint density at radius 3 is 2.72 bits per heavy atom. The molecule has 1 heterocycles. The van der Waals surface area contributed by atoms with Gasteiger partial charge < -0.3 is 15.4 Å². The van der Waals surface area contributed by atoms with E-state index in [4.69, 9.17) is 4.74 Å². The molecule has 2 amide bonds. The molecule has 0 saturated heterocycles. The van der Waals surface area contributed by atoms with Crippen molar-refractivity contribution in [1.82, 2.24) is 10.3 Å². The van der Waals surface area contributed by atoms with E-state index in [1.807, 2.05) is 36.4 Å². The summed E-state index contributed by atoms with van der Waals surface area (Å²) in [7, 11) is 0. The average molecular weight is 478 g/mol. The molecule has 2 aromatic rings. The van der Waals surface area contributed by atoms with Crippen LogP contribution in [0.1, 0.15) is 31.2 Å². The molecule has 2 N–H and O–H groups in total. The molecule has 1 aliphatic carbocycles. The first-order valence-electron chi connectivity index (χ1n) is 9.60. The standard InChI is InChI=1S/C21H24BrN3O3S/c22-16-4-3-5-17(11-16)25-20(27)14-29-13-19(26)24-12-15-8-9-23-21(10-15)28-18-6-1-2-7-18/h3-5,8-11,18H,1-2,6-7,12-14H2,(H,24,26)(H,25,27). The second kappa shape index (κ2) is 11.2. The Morgan fingerprint density at radius 1 is 1.14 bits per heavy atom. The van der Waals surface area contributed by atoms with Crippen molar-refractivity contribution in [3.05, 3.63) is 52.6 Å². The number of anilines is 1. The molecule has 1 saturated carbocycles. The van der Waals surface area contributed by atoms with Crippen LogP contribution in [0.4, 0.5) is 5.69 Å². The minimum atomic E-state index is -0.135. The molecule has 154 valence electrons. The van der Waals surface area contributed by atoms with Crippen LogP contribution in [-0.2, 0) is 16.1 Å². The third-order valence-corrected chi connectivity index (χ3v) is 5.88. The topological polar surface area (TPSA) is 80.3 Å². The maximum Gasteiger partial charge on any atom is 0.234 e. The van der Waals surface area contributed by atoms with E-state index < -0.39 is 0 Å². The zero-order chi connectivity index (χ0) is 20.5. The van der Waals surface area contributed by atoms with Crippen LogP contribution in [0.5, 0.6) is 5.88 Å². The van der Waals surface area contributed by atoms with Gasteiger partial charge in [-0.3, -0.25) is 9.59 Å². The van der Waals surface area contributed by atoms with Crippen LogP contribution in [0.15, 0.2) is 47.1 Å². The smallest absolute Gasteiger partial charge is 0.234 e. The molecule has 1 aliphatic rings. The lowest BCUT2D eigenvalue weighted by Gasteiger charge is -2.13. The number of nitrogens with one attached hydrogen (secondary N) is 2. The van der Waals surface area contributed by atoms with Gasteiger partial charge in [-0.05, 0) is 55.5 Å². The van der Waals surface area contributed by atoms with Crippen molar-refractivity contribution in [2.24, 2.45) is 0 Å². The summed E-state index contributed by atoms with van der Waals surface area (Å²) in [6.45, 7) is 0.410.